The molecule has 0 aromatic heterocycles. The zero-order chi connectivity index (χ0) is 23.4. The van der Waals surface area contributed by atoms with Crippen molar-refractivity contribution in [1.82, 2.24) is 4.90 Å². The molecule has 3 rings (SSSR count). The molecule has 0 bridgehead atoms. The lowest BCUT2D eigenvalue weighted by molar-refractivity contribution is -0.121. The molecule has 7 nitrogen and oxygen atoms in total. The van der Waals surface area contributed by atoms with Gasteiger partial charge in [-0.3, -0.25) is 9.69 Å². The fraction of sp³-hybridized carbons (Fsp3) is 0.261. The van der Waals surface area contributed by atoms with Gasteiger partial charge in [-0.05, 0) is 97.1 Å². The van der Waals surface area contributed by atoms with E-state index in [9.17, 15) is 14.7 Å². The van der Waals surface area contributed by atoms with Crippen molar-refractivity contribution < 1.29 is 24.2 Å². The van der Waals surface area contributed by atoms with Crippen molar-refractivity contribution in [2.45, 2.75) is 26.9 Å². The first-order valence-electron chi connectivity index (χ1n) is 9.92. The van der Waals surface area contributed by atoms with E-state index in [1.807, 2.05) is 32.9 Å². The zero-order valence-electron chi connectivity index (χ0n) is 18.1. The van der Waals surface area contributed by atoms with Crippen LogP contribution in [0.15, 0.2) is 46.3 Å². The number of amidine groups is 1. The second kappa shape index (κ2) is 10.4. The third-order valence-corrected chi connectivity index (χ3v) is 6.17. The number of rotatable bonds is 7. The summed E-state index contributed by atoms with van der Waals surface area (Å²) in [6.45, 7) is 6.31. The van der Waals surface area contributed by atoms with E-state index < -0.39 is 5.97 Å². The predicted molar refractivity (Wildman–Crippen MR) is 135 cm³/mol. The van der Waals surface area contributed by atoms with Crippen molar-refractivity contribution in [3.63, 3.8) is 0 Å². The first-order valence-corrected chi connectivity index (χ1v) is 11.8. The van der Waals surface area contributed by atoms with Gasteiger partial charge < -0.3 is 14.6 Å². The molecule has 2 aromatic rings. The van der Waals surface area contributed by atoms with Gasteiger partial charge >= 0.3 is 5.97 Å². The van der Waals surface area contributed by atoms with Crippen LogP contribution in [0.1, 0.15) is 36.7 Å². The molecule has 0 atom stereocenters. The maximum atomic E-state index is 12.8. The highest BCUT2D eigenvalue weighted by Gasteiger charge is 2.30. The Morgan fingerprint density at radius 2 is 2.06 bits per heavy atom. The van der Waals surface area contributed by atoms with Crippen LogP contribution in [0.4, 0.5) is 5.69 Å². The van der Waals surface area contributed by atoms with Crippen LogP contribution in [0.2, 0.25) is 0 Å². The first-order chi connectivity index (χ1) is 15.2. The topological polar surface area (TPSA) is 88.4 Å². The lowest BCUT2D eigenvalue weighted by Crippen LogP contribution is -2.23. The van der Waals surface area contributed by atoms with E-state index >= 15 is 0 Å². The minimum absolute atomic E-state index is 0.00550. The number of amides is 1. The monoisotopic (exact) mass is 566 g/mol. The van der Waals surface area contributed by atoms with Gasteiger partial charge in [0, 0.05) is 7.05 Å². The molecule has 2 aromatic carbocycles. The van der Waals surface area contributed by atoms with Crippen molar-refractivity contribution >= 4 is 63.2 Å². The Morgan fingerprint density at radius 3 is 2.72 bits per heavy atom. The Balaban J connectivity index is 1.93. The molecule has 1 saturated heterocycles. The van der Waals surface area contributed by atoms with Gasteiger partial charge in [0.2, 0.25) is 0 Å². The number of carboxylic acid groups (broad SMARTS) is 1. The standard InChI is InChI=1S/C23H23IN2O5S/c1-5-30-18-10-14(9-17(24)20(18)31-13(2)3)11-19-21(27)26(4)23(32-19)25-16-8-6-7-15(12-16)22(28)29/h6-13H,5H2,1-4H3,(H,28,29)/b19-11+,25-23?. The number of hydrogen-bond donors (Lipinski definition) is 1. The number of ether oxygens (including phenoxy) is 2. The molecule has 1 N–H and O–H groups in total. The molecular formula is C23H23IN2O5S. The van der Waals surface area contributed by atoms with Crippen molar-refractivity contribution in [3.05, 3.63) is 56.0 Å². The number of carboxylic acids is 1. The number of carbonyl (C=O) groups excluding carboxylic acids is 1. The lowest BCUT2D eigenvalue weighted by Gasteiger charge is -2.17. The van der Waals surface area contributed by atoms with Crippen LogP contribution >= 0.6 is 34.4 Å². The summed E-state index contributed by atoms with van der Waals surface area (Å²) in [5, 5.41) is 9.65. The SMILES string of the molecule is CCOc1cc(/C=C2/SC(=Nc3cccc(C(=O)O)c3)N(C)C2=O)cc(I)c1OC(C)C. The van der Waals surface area contributed by atoms with Gasteiger partial charge in [-0.2, -0.15) is 0 Å². The van der Waals surface area contributed by atoms with Crippen LogP contribution in [-0.4, -0.2) is 46.8 Å². The van der Waals surface area contributed by atoms with E-state index in [2.05, 4.69) is 27.6 Å². The maximum absolute atomic E-state index is 12.8. The number of aliphatic imine (C=N–C) groups is 1. The summed E-state index contributed by atoms with van der Waals surface area (Å²) in [7, 11) is 1.64. The van der Waals surface area contributed by atoms with Gasteiger partial charge in [0.1, 0.15) is 0 Å². The van der Waals surface area contributed by atoms with E-state index in [1.165, 1.54) is 28.8 Å². The number of benzene rings is 2. The highest BCUT2D eigenvalue weighted by atomic mass is 127. The van der Waals surface area contributed by atoms with Gasteiger partial charge in [-0.25, -0.2) is 9.79 Å². The van der Waals surface area contributed by atoms with E-state index in [-0.39, 0.29) is 17.6 Å². The van der Waals surface area contributed by atoms with E-state index in [4.69, 9.17) is 9.47 Å². The molecule has 9 heteroatoms. The first kappa shape index (κ1) is 24.1. The summed E-state index contributed by atoms with van der Waals surface area (Å²) in [4.78, 5) is 30.4. The molecule has 1 aliphatic heterocycles. The van der Waals surface area contributed by atoms with Gasteiger partial charge in [0.05, 0.1) is 32.4 Å². The fourth-order valence-electron chi connectivity index (χ4n) is 2.91. The second-order valence-electron chi connectivity index (χ2n) is 7.15. The van der Waals surface area contributed by atoms with Gasteiger partial charge in [-0.15, -0.1) is 0 Å². The summed E-state index contributed by atoms with van der Waals surface area (Å²) < 4.78 is 12.6. The predicted octanol–water partition coefficient (Wildman–Crippen LogP) is 5.41. The molecule has 1 fully saturated rings. The molecule has 168 valence electrons. The molecule has 1 amide bonds. The van der Waals surface area contributed by atoms with Crippen molar-refractivity contribution in [2.75, 3.05) is 13.7 Å². The van der Waals surface area contributed by atoms with E-state index in [0.29, 0.717) is 33.9 Å². The maximum Gasteiger partial charge on any atom is 0.335 e. The normalized spacial score (nSPS) is 16.3. The van der Waals surface area contributed by atoms with Crippen molar-refractivity contribution in [1.29, 1.82) is 0 Å². The van der Waals surface area contributed by atoms with E-state index in [0.717, 1.165) is 9.13 Å². The zero-order valence-corrected chi connectivity index (χ0v) is 21.1. The molecule has 32 heavy (non-hydrogen) atoms. The van der Waals surface area contributed by atoms with Crippen LogP contribution in [0, 0.1) is 3.57 Å². The van der Waals surface area contributed by atoms with Gasteiger partial charge in [0.25, 0.3) is 5.91 Å². The minimum atomic E-state index is -1.03. The van der Waals surface area contributed by atoms with Crippen LogP contribution < -0.4 is 9.47 Å². The molecule has 0 aliphatic carbocycles. The molecule has 1 heterocycles. The smallest absolute Gasteiger partial charge is 0.335 e. The van der Waals surface area contributed by atoms with Gasteiger partial charge in [-0.1, -0.05) is 6.07 Å². The van der Waals surface area contributed by atoms with Crippen LogP contribution in [0.3, 0.4) is 0 Å². The van der Waals surface area contributed by atoms with Gasteiger partial charge in [0.15, 0.2) is 16.7 Å². The summed E-state index contributed by atoms with van der Waals surface area (Å²) in [5.74, 6) is 0.107. The van der Waals surface area contributed by atoms with E-state index in [1.54, 1.807) is 25.3 Å². The number of thioether (sulfide) groups is 1. The van der Waals surface area contributed by atoms with Crippen molar-refractivity contribution in [3.8, 4) is 11.5 Å². The molecule has 0 saturated carbocycles. The summed E-state index contributed by atoms with van der Waals surface area (Å²) in [5.41, 5.74) is 1.42. The number of hydrogen-bond acceptors (Lipinski definition) is 6. The Bertz CT molecular complexity index is 1110. The Hall–Kier alpha value is -2.53. The summed E-state index contributed by atoms with van der Waals surface area (Å²) >= 11 is 3.44. The largest absolute Gasteiger partial charge is 0.490 e. The van der Waals surface area contributed by atoms with Crippen LogP contribution in [-0.2, 0) is 4.79 Å². The third kappa shape index (κ3) is 5.63. The van der Waals surface area contributed by atoms with Crippen molar-refractivity contribution in [2.24, 2.45) is 4.99 Å². The lowest BCUT2D eigenvalue weighted by atomic mass is 10.2. The Kier molecular flexibility index (Phi) is 7.83. The number of likely N-dealkylation sites (N-methyl/N-ethyl adjacent to an activating group) is 1. The Labute approximate surface area is 204 Å². The molecule has 0 radical (unpaired) electrons. The highest BCUT2D eigenvalue weighted by Crippen LogP contribution is 2.38. The quantitative estimate of drug-likeness (QED) is 0.356. The Morgan fingerprint density at radius 1 is 1.31 bits per heavy atom. The molecule has 1 aliphatic rings. The van der Waals surface area contributed by atoms with Crippen LogP contribution in [0.5, 0.6) is 11.5 Å². The number of halogens is 1. The molecular weight excluding hydrogens is 543 g/mol. The number of aromatic carboxylic acids is 1. The highest BCUT2D eigenvalue weighted by molar-refractivity contribution is 14.1. The summed E-state index contributed by atoms with van der Waals surface area (Å²) in [6, 6.07) is 10.1. The summed E-state index contributed by atoms with van der Waals surface area (Å²) in [6.07, 6.45) is 1.80. The second-order valence-corrected chi connectivity index (χ2v) is 9.33. The molecule has 0 spiro atoms. The number of carbonyl (C=O) groups is 2. The van der Waals surface area contributed by atoms with Crippen LogP contribution in [0.25, 0.3) is 6.08 Å². The average Bonchev–Trinajstić information content (AvgIpc) is 2.98. The minimum Gasteiger partial charge on any atom is -0.490 e. The average molecular weight is 566 g/mol. The molecule has 0 unspecified atom stereocenters. The third-order valence-electron chi connectivity index (χ3n) is 4.30. The fourth-order valence-corrected chi connectivity index (χ4v) is 4.65. The number of nitrogens with zero attached hydrogens (tertiary/aromatic N) is 2.